The molecule has 6 nitrogen and oxygen atoms in total. The Hall–Kier alpha value is -2.37. The third-order valence-corrected chi connectivity index (χ3v) is 16.6. The summed E-state index contributed by atoms with van der Waals surface area (Å²) in [6.45, 7) is 6.71. The molecule has 6 heteroatoms. The highest BCUT2D eigenvalue weighted by atomic mass is 16.6. The van der Waals surface area contributed by atoms with Gasteiger partial charge in [0.2, 0.25) is 0 Å². The summed E-state index contributed by atoms with van der Waals surface area (Å²) in [7, 11) is 0. The molecule has 0 heterocycles. The van der Waals surface area contributed by atoms with Gasteiger partial charge in [-0.1, -0.05) is 346 Å². The molecule has 0 saturated heterocycles. The summed E-state index contributed by atoms with van der Waals surface area (Å²) in [6.07, 6.45) is 87.4. The average Bonchev–Trinajstić information content (AvgIpc) is 3.47. The van der Waals surface area contributed by atoms with Crippen molar-refractivity contribution in [2.24, 2.45) is 0 Å². The highest BCUT2D eigenvalue weighted by Gasteiger charge is 2.19. The van der Waals surface area contributed by atoms with Gasteiger partial charge in [0.25, 0.3) is 0 Å². The van der Waals surface area contributed by atoms with E-state index in [2.05, 4.69) is 57.2 Å². The van der Waals surface area contributed by atoms with Gasteiger partial charge in [0, 0.05) is 19.3 Å². The Balaban J connectivity index is 4.29. The molecule has 0 bridgehead atoms. The second-order valence-corrected chi connectivity index (χ2v) is 24.9. The molecule has 0 saturated carbocycles. The summed E-state index contributed by atoms with van der Waals surface area (Å²) in [5, 5.41) is 0. The van der Waals surface area contributed by atoms with E-state index in [4.69, 9.17) is 14.2 Å². The fourth-order valence-electron chi connectivity index (χ4n) is 11.1. The molecule has 0 aliphatic heterocycles. The number of carbonyl (C=O) groups is 3. The van der Waals surface area contributed by atoms with E-state index in [0.717, 1.165) is 64.2 Å². The molecule has 1 unspecified atom stereocenters. The lowest BCUT2D eigenvalue weighted by atomic mass is 10.0. The summed E-state index contributed by atoms with van der Waals surface area (Å²) in [4.78, 5) is 38.5. The number of rotatable bonds is 68. The maximum absolute atomic E-state index is 13.0. The highest BCUT2D eigenvalue weighted by molar-refractivity contribution is 5.71. The molecule has 476 valence electrons. The van der Waals surface area contributed by atoms with Gasteiger partial charge in [-0.15, -0.1) is 0 Å². The van der Waals surface area contributed by atoms with E-state index in [1.807, 2.05) is 0 Å². The van der Waals surface area contributed by atoms with Crippen LogP contribution in [0.15, 0.2) is 36.5 Å². The van der Waals surface area contributed by atoms with Gasteiger partial charge in [0.1, 0.15) is 13.2 Å². The smallest absolute Gasteiger partial charge is 0.306 e. The van der Waals surface area contributed by atoms with Crippen LogP contribution in [0.5, 0.6) is 0 Å². The number of allylic oxidation sites excluding steroid dienone is 6. The fraction of sp³-hybridized carbons (Fsp3) is 0.880. The largest absolute Gasteiger partial charge is 0.462 e. The number of esters is 3. The minimum atomic E-state index is -0.772. The van der Waals surface area contributed by atoms with Crippen LogP contribution in [0.1, 0.15) is 406 Å². The van der Waals surface area contributed by atoms with Gasteiger partial charge in [0.05, 0.1) is 0 Å². The van der Waals surface area contributed by atoms with Gasteiger partial charge in [-0.3, -0.25) is 14.4 Å². The normalized spacial score (nSPS) is 12.2. The van der Waals surface area contributed by atoms with E-state index >= 15 is 0 Å². The molecule has 0 rings (SSSR count). The van der Waals surface area contributed by atoms with E-state index in [1.54, 1.807) is 0 Å². The first-order chi connectivity index (χ1) is 40.0. The minimum Gasteiger partial charge on any atom is -0.462 e. The predicted molar refractivity (Wildman–Crippen MR) is 353 cm³/mol. The second kappa shape index (κ2) is 70.1. The van der Waals surface area contributed by atoms with Crippen LogP contribution in [-0.2, 0) is 28.6 Å². The molecular formula is C75H140O6. The average molecular weight is 1140 g/mol. The maximum atomic E-state index is 13.0. The quantitative estimate of drug-likeness (QED) is 0.0261. The van der Waals surface area contributed by atoms with Crippen molar-refractivity contribution in [2.45, 2.75) is 412 Å². The first kappa shape index (κ1) is 78.6. The van der Waals surface area contributed by atoms with Gasteiger partial charge in [-0.05, 0) is 77.0 Å². The fourth-order valence-corrected chi connectivity index (χ4v) is 11.1. The van der Waals surface area contributed by atoms with Crippen molar-refractivity contribution in [2.75, 3.05) is 13.2 Å². The number of hydrogen-bond acceptors (Lipinski definition) is 6. The molecule has 0 aliphatic rings. The van der Waals surface area contributed by atoms with E-state index in [-0.39, 0.29) is 31.1 Å². The van der Waals surface area contributed by atoms with Crippen LogP contribution in [0, 0.1) is 0 Å². The molecule has 0 aromatic rings. The van der Waals surface area contributed by atoms with Crippen molar-refractivity contribution in [1.29, 1.82) is 0 Å². The van der Waals surface area contributed by atoms with Gasteiger partial charge in [-0.25, -0.2) is 0 Å². The van der Waals surface area contributed by atoms with Crippen LogP contribution in [-0.4, -0.2) is 37.2 Å². The van der Waals surface area contributed by atoms with Gasteiger partial charge in [0.15, 0.2) is 6.10 Å². The second-order valence-electron chi connectivity index (χ2n) is 24.9. The summed E-state index contributed by atoms with van der Waals surface area (Å²) >= 11 is 0. The van der Waals surface area contributed by atoms with Crippen molar-refractivity contribution < 1.29 is 28.6 Å². The molecule has 1 atom stereocenters. The van der Waals surface area contributed by atoms with E-state index < -0.39 is 6.10 Å². The Morgan fingerprint density at radius 3 is 0.691 bits per heavy atom. The lowest BCUT2D eigenvalue weighted by Crippen LogP contribution is -2.30. The Bertz CT molecular complexity index is 1350. The summed E-state index contributed by atoms with van der Waals surface area (Å²) < 4.78 is 17.0. The monoisotopic (exact) mass is 1140 g/mol. The zero-order valence-electron chi connectivity index (χ0n) is 54.8. The molecular weight excluding hydrogens is 997 g/mol. The first-order valence-electron chi connectivity index (χ1n) is 36.5. The topological polar surface area (TPSA) is 78.9 Å². The number of ether oxygens (including phenoxy) is 3. The molecule has 0 fully saturated rings. The Kier molecular flexibility index (Phi) is 68.1. The molecule has 0 spiro atoms. The minimum absolute atomic E-state index is 0.0674. The molecule has 0 aromatic heterocycles. The Morgan fingerprint density at radius 2 is 0.444 bits per heavy atom. The van der Waals surface area contributed by atoms with E-state index in [9.17, 15) is 14.4 Å². The summed E-state index contributed by atoms with van der Waals surface area (Å²) in [5.41, 5.74) is 0. The molecule has 0 amide bonds. The zero-order chi connectivity index (χ0) is 58.5. The number of unbranched alkanes of at least 4 members (excludes halogenated alkanes) is 51. The highest BCUT2D eigenvalue weighted by Crippen LogP contribution is 2.18. The lowest BCUT2D eigenvalue weighted by molar-refractivity contribution is -0.167. The lowest BCUT2D eigenvalue weighted by Gasteiger charge is -2.18. The summed E-state index contributed by atoms with van der Waals surface area (Å²) in [6, 6.07) is 0. The molecule has 0 aliphatic carbocycles. The van der Waals surface area contributed by atoms with Crippen LogP contribution in [0.2, 0.25) is 0 Å². The van der Waals surface area contributed by atoms with E-state index in [1.165, 1.54) is 302 Å². The summed E-state index contributed by atoms with van der Waals surface area (Å²) in [5.74, 6) is -0.838. The Labute approximate surface area is 506 Å². The number of carbonyl (C=O) groups excluding carboxylic acids is 3. The zero-order valence-corrected chi connectivity index (χ0v) is 54.8. The van der Waals surface area contributed by atoms with Crippen molar-refractivity contribution in [3.63, 3.8) is 0 Å². The first-order valence-corrected chi connectivity index (χ1v) is 36.5. The van der Waals surface area contributed by atoms with Gasteiger partial charge in [-0.2, -0.15) is 0 Å². The third-order valence-electron chi connectivity index (χ3n) is 16.6. The molecule has 0 N–H and O–H groups in total. The van der Waals surface area contributed by atoms with Crippen LogP contribution < -0.4 is 0 Å². The van der Waals surface area contributed by atoms with Crippen molar-refractivity contribution in [3.8, 4) is 0 Å². The SMILES string of the molecule is CCCCCCC/C=C\C/C=C\CCCCCCCCCCCCCCCC(=O)OCC(COC(=O)CCCCCCCCCCCCCCCCCCC)OC(=O)CCCCCCCCCCC/C=C\CCCCCCCCCC. The predicted octanol–water partition coefficient (Wildman–Crippen LogP) is 25.1. The molecule has 0 radical (unpaired) electrons. The standard InChI is InChI=1S/C75H140O6/c1-4-7-10-13-16-19-22-25-28-31-33-35-36-37-38-40-41-44-47-50-53-56-59-62-65-68-74(77)80-71-72(70-79-73(76)67-64-61-58-55-52-49-46-43-30-27-24-21-18-15-12-9-6-3)81-75(78)69-66-63-60-57-54-51-48-45-42-39-34-32-29-26-23-20-17-14-11-8-5-2/h22,25,31-34,72H,4-21,23-24,26-30,35-71H2,1-3H3/b25-22-,33-31-,34-32-. The maximum Gasteiger partial charge on any atom is 0.306 e. The van der Waals surface area contributed by atoms with Crippen molar-refractivity contribution in [1.82, 2.24) is 0 Å². The Morgan fingerprint density at radius 1 is 0.247 bits per heavy atom. The van der Waals surface area contributed by atoms with Crippen molar-refractivity contribution in [3.05, 3.63) is 36.5 Å². The van der Waals surface area contributed by atoms with Crippen LogP contribution in [0.3, 0.4) is 0 Å². The van der Waals surface area contributed by atoms with Gasteiger partial charge >= 0.3 is 17.9 Å². The number of hydrogen-bond donors (Lipinski definition) is 0. The van der Waals surface area contributed by atoms with Crippen molar-refractivity contribution >= 4 is 17.9 Å². The van der Waals surface area contributed by atoms with E-state index in [0.29, 0.717) is 19.3 Å². The van der Waals surface area contributed by atoms with Gasteiger partial charge < -0.3 is 14.2 Å². The van der Waals surface area contributed by atoms with Crippen LogP contribution >= 0.6 is 0 Å². The van der Waals surface area contributed by atoms with Crippen LogP contribution in [0.25, 0.3) is 0 Å². The van der Waals surface area contributed by atoms with Crippen LogP contribution in [0.4, 0.5) is 0 Å². The molecule has 81 heavy (non-hydrogen) atoms. The third kappa shape index (κ3) is 68.3. The molecule has 0 aromatic carbocycles.